The largest absolute Gasteiger partial charge is 0.479 e. The fourth-order valence-electron chi connectivity index (χ4n) is 8.52. The Balaban J connectivity index is 1.79. The van der Waals surface area contributed by atoms with Crippen LogP contribution in [0.4, 0.5) is 0 Å². The lowest BCUT2D eigenvalue weighted by Gasteiger charge is -2.47. The van der Waals surface area contributed by atoms with Crippen molar-refractivity contribution in [1.29, 1.82) is 0 Å². The number of aliphatic hydroxyl groups is 2. The topological polar surface area (TPSA) is 142 Å². The van der Waals surface area contributed by atoms with Crippen molar-refractivity contribution in [3.05, 3.63) is 11.3 Å². The van der Waals surface area contributed by atoms with Crippen LogP contribution in [0.1, 0.15) is 94.9 Å². The van der Waals surface area contributed by atoms with Gasteiger partial charge in [0.1, 0.15) is 24.1 Å². The van der Waals surface area contributed by atoms with Crippen LogP contribution in [0.2, 0.25) is 0 Å². The highest BCUT2D eigenvalue weighted by Gasteiger charge is 2.54. The number of cyclic esters (lactones) is 1. The van der Waals surface area contributed by atoms with Crippen LogP contribution in [-0.4, -0.2) is 121 Å². The lowest BCUT2D eigenvalue weighted by atomic mass is 9.79. The second kappa shape index (κ2) is 15.5. The van der Waals surface area contributed by atoms with Crippen LogP contribution < -0.4 is 0 Å². The quantitative estimate of drug-likeness (QED) is 0.372. The third-order valence-corrected chi connectivity index (χ3v) is 11.7. The number of rotatable bonds is 7. The summed E-state index contributed by atoms with van der Waals surface area (Å²) >= 11 is 0. The fraction of sp³-hybridized carbons (Fsp3) is 0.892. The Labute approximate surface area is 293 Å². The van der Waals surface area contributed by atoms with Gasteiger partial charge in [0, 0.05) is 37.0 Å². The molecule has 3 fully saturated rings. The molecule has 282 valence electrons. The number of allylic oxidation sites excluding steroid dienone is 1. The highest BCUT2D eigenvalue weighted by molar-refractivity contribution is 6.04. The third-order valence-electron chi connectivity index (χ3n) is 11.7. The van der Waals surface area contributed by atoms with E-state index in [1.165, 1.54) is 0 Å². The molecule has 0 amide bonds. The van der Waals surface area contributed by atoms with E-state index in [1.807, 2.05) is 53.6 Å². The predicted octanol–water partition coefficient (Wildman–Crippen LogP) is 3.99. The van der Waals surface area contributed by atoms with Crippen LogP contribution in [0.25, 0.3) is 0 Å². The van der Waals surface area contributed by atoms with Crippen molar-refractivity contribution >= 4 is 11.8 Å². The summed E-state index contributed by atoms with van der Waals surface area (Å²) in [6.45, 7) is 18.7. The van der Waals surface area contributed by atoms with E-state index in [9.17, 15) is 19.8 Å². The molecule has 4 rings (SSSR count). The molecule has 0 aliphatic carbocycles. The molecule has 0 aromatic carbocycles. The van der Waals surface area contributed by atoms with Gasteiger partial charge in [-0.15, -0.1) is 0 Å². The highest BCUT2D eigenvalue weighted by Crippen LogP contribution is 2.43. The SMILES string of the molecule is CC[C@H]1OC(=O)[C@H](C)[C@@H](O[C@H]2C[C@@](C)(OC)[C@@H](O)[C@H](C)O2)[C@H](C)[C@@H](O[C@@H]2O[C@H](C)C[C@H](N(C)C)[C@H]2O)[C@@H](C)C[C@@H](C)C2=C(C)C(=O)[C@@]1(C)O2. The van der Waals surface area contributed by atoms with E-state index in [0.29, 0.717) is 30.6 Å². The van der Waals surface area contributed by atoms with Crippen LogP contribution in [-0.2, 0) is 42.7 Å². The van der Waals surface area contributed by atoms with E-state index >= 15 is 0 Å². The van der Waals surface area contributed by atoms with E-state index in [0.717, 1.165) is 0 Å². The molecule has 0 aromatic rings. The van der Waals surface area contributed by atoms with Gasteiger partial charge in [0.2, 0.25) is 11.4 Å². The molecule has 4 aliphatic rings. The molecule has 0 unspecified atom stereocenters. The second-order valence-corrected chi connectivity index (χ2v) is 15.8. The summed E-state index contributed by atoms with van der Waals surface area (Å²) in [5.74, 6) is -1.75. The van der Waals surface area contributed by atoms with Crippen LogP contribution in [0.3, 0.4) is 0 Å². The van der Waals surface area contributed by atoms with E-state index in [1.54, 1.807) is 34.8 Å². The number of nitrogens with zero attached hydrogens (tertiary/aromatic N) is 1. The average Bonchev–Trinajstić information content (AvgIpc) is 3.28. The summed E-state index contributed by atoms with van der Waals surface area (Å²) < 4.78 is 44.4. The summed E-state index contributed by atoms with van der Waals surface area (Å²) in [7, 11) is 5.40. The van der Waals surface area contributed by atoms with Gasteiger partial charge in [0.15, 0.2) is 12.6 Å². The molecule has 4 aliphatic heterocycles. The van der Waals surface area contributed by atoms with Crippen LogP contribution in [0.5, 0.6) is 0 Å². The first-order chi connectivity index (χ1) is 22.8. The van der Waals surface area contributed by atoms with Gasteiger partial charge in [0.25, 0.3) is 0 Å². The Hall–Kier alpha value is -1.64. The minimum atomic E-state index is -1.36. The lowest BCUT2D eigenvalue weighted by Crippen LogP contribution is -2.58. The standard InChI is InChI=1S/C37H63NO11/c1-14-26-37(10)32(40)22(6)30(49-37)19(3)15-18(2)29(48-35-28(39)25(38(11)12)16-20(4)44-35)21(5)31(23(7)34(42)46-26)47-27-17-36(9,43-13)33(41)24(8)45-27/h18-21,23-29,31,33,35,39,41H,14-17H2,1-13H3/t18-,19+,20+,21+,23+,24-,25-,26+,27-,28+,29-,31-,33-,35-,36+,37-/m0/s1. The maximum absolute atomic E-state index is 14.1. The number of likely N-dealkylation sites (N-methyl/N-ethyl adjacent to an activating group) is 1. The summed E-state index contributed by atoms with van der Waals surface area (Å²) in [5.41, 5.74) is -1.77. The molecule has 2 bridgehead atoms. The Morgan fingerprint density at radius 1 is 0.959 bits per heavy atom. The van der Waals surface area contributed by atoms with E-state index in [4.69, 9.17) is 33.2 Å². The molecule has 0 radical (unpaired) electrons. The minimum Gasteiger partial charge on any atom is -0.479 e. The van der Waals surface area contributed by atoms with Gasteiger partial charge >= 0.3 is 5.97 Å². The third kappa shape index (κ3) is 7.91. The molecular weight excluding hydrogens is 634 g/mol. The monoisotopic (exact) mass is 697 g/mol. The molecule has 0 spiro atoms. The van der Waals surface area contributed by atoms with Crippen molar-refractivity contribution in [2.75, 3.05) is 21.2 Å². The molecule has 16 atom stereocenters. The first-order valence-electron chi connectivity index (χ1n) is 18.1. The Bertz CT molecular complexity index is 1210. The van der Waals surface area contributed by atoms with Crippen molar-refractivity contribution in [1.82, 2.24) is 4.90 Å². The van der Waals surface area contributed by atoms with Crippen molar-refractivity contribution in [3.8, 4) is 0 Å². The zero-order valence-corrected chi connectivity index (χ0v) is 31.9. The number of Topliss-reactive ketones (excluding diaryl/α,β-unsaturated/α-hetero) is 1. The normalized spacial score (nSPS) is 47.3. The highest BCUT2D eigenvalue weighted by atomic mass is 16.7. The number of carbonyl (C=O) groups excluding carboxylic acids is 2. The van der Waals surface area contributed by atoms with E-state index in [-0.39, 0.29) is 36.2 Å². The van der Waals surface area contributed by atoms with E-state index < -0.39 is 78.2 Å². The summed E-state index contributed by atoms with van der Waals surface area (Å²) in [5, 5.41) is 22.4. The molecule has 4 heterocycles. The van der Waals surface area contributed by atoms with Crippen molar-refractivity contribution in [2.24, 2.45) is 23.7 Å². The molecule has 3 saturated heterocycles. The molecule has 12 nitrogen and oxygen atoms in total. The molecular formula is C37H63NO11. The average molecular weight is 698 g/mol. The van der Waals surface area contributed by atoms with Crippen molar-refractivity contribution in [3.63, 3.8) is 0 Å². The number of ether oxygens (including phenoxy) is 7. The molecule has 49 heavy (non-hydrogen) atoms. The van der Waals surface area contributed by atoms with Crippen LogP contribution in [0, 0.1) is 23.7 Å². The zero-order chi connectivity index (χ0) is 36.7. The summed E-state index contributed by atoms with van der Waals surface area (Å²) in [6, 6.07) is -0.182. The number of hydrogen-bond acceptors (Lipinski definition) is 12. The summed E-state index contributed by atoms with van der Waals surface area (Å²) in [6.07, 6.45) is -4.72. The summed E-state index contributed by atoms with van der Waals surface area (Å²) in [4.78, 5) is 29.9. The van der Waals surface area contributed by atoms with Crippen LogP contribution in [0.15, 0.2) is 11.3 Å². The molecule has 0 saturated carbocycles. The van der Waals surface area contributed by atoms with Gasteiger partial charge in [-0.2, -0.15) is 0 Å². The number of esters is 1. The van der Waals surface area contributed by atoms with Gasteiger partial charge in [-0.3, -0.25) is 9.59 Å². The predicted molar refractivity (Wildman–Crippen MR) is 181 cm³/mol. The van der Waals surface area contributed by atoms with Crippen molar-refractivity contribution in [2.45, 2.75) is 167 Å². The van der Waals surface area contributed by atoms with Gasteiger partial charge in [-0.1, -0.05) is 27.7 Å². The number of aliphatic hydroxyl groups excluding tert-OH is 2. The Morgan fingerprint density at radius 3 is 2.20 bits per heavy atom. The first kappa shape index (κ1) is 40.1. The maximum Gasteiger partial charge on any atom is 0.311 e. The number of hydrogen-bond donors (Lipinski definition) is 2. The van der Waals surface area contributed by atoms with Gasteiger partial charge < -0.3 is 48.3 Å². The van der Waals surface area contributed by atoms with E-state index in [2.05, 4.69) is 6.92 Å². The number of ketones is 1. The molecule has 12 heteroatoms. The smallest absolute Gasteiger partial charge is 0.311 e. The fourth-order valence-corrected chi connectivity index (χ4v) is 8.52. The van der Waals surface area contributed by atoms with Crippen molar-refractivity contribution < 1.29 is 53.0 Å². The minimum absolute atomic E-state index is 0.161. The van der Waals surface area contributed by atoms with Gasteiger partial charge in [-0.25, -0.2) is 0 Å². The van der Waals surface area contributed by atoms with Crippen LogP contribution >= 0.6 is 0 Å². The number of carbonyl (C=O) groups is 2. The molecule has 0 aromatic heterocycles. The Morgan fingerprint density at radius 2 is 1.61 bits per heavy atom. The lowest BCUT2D eigenvalue weighted by molar-refractivity contribution is -0.309. The number of fused-ring (bicyclic) bond motifs is 2. The maximum atomic E-state index is 14.1. The molecule has 2 N–H and O–H groups in total. The zero-order valence-electron chi connectivity index (χ0n) is 31.9. The van der Waals surface area contributed by atoms with Gasteiger partial charge in [-0.05, 0) is 80.8 Å². The van der Waals surface area contributed by atoms with Gasteiger partial charge in [0.05, 0.1) is 35.9 Å². The Kier molecular flexibility index (Phi) is 12.7. The first-order valence-corrected chi connectivity index (χ1v) is 18.1. The second-order valence-electron chi connectivity index (χ2n) is 15.8. The number of methoxy groups -OCH3 is 1.